The first-order valence-electron chi connectivity index (χ1n) is 10.6. The third-order valence-corrected chi connectivity index (χ3v) is 5.94. The molecular weight excluding hydrogens is 419 g/mol. The fourth-order valence-electron chi connectivity index (χ4n) is 4.12. The number of benzene rings is 2. The molecule has 8 heteroatoms. The highest BCUT2D eigenvalue weighted by Gasteiger charge is 2.18. The largest absolute Gasteiger partial charge is 0.331 e. The Hall–Kier alpha value is -4.07. The lowest BCUT2D eigenvalue weighted by Gasteiger charge is -2.12. The molecule has 7 nitrogen and oxygen atoms in total. The Morgan fingerprint density at radius 3 is 2.61 bits per heavy atom. The highest BCUT2D eigenvalue weighted by atomic mass is 19.1. The average Bonchev–Trinajstić information content (AvgIpc) is 3.26. The molecule has 0 saturated carbocycles. The van der Waals surface area contributed by atoms with Crippen LogP contribution in [0.25, 0.3) is 21.9 Å². The number of hydrogen-bond donors (Lipinski definition) is 1. The number of rotatable bonds is 4. The molecule has 3 aromatic heterocycles. The molecule has 0 fully saturated rings. The molecule has 0 aliphatic carbocycles. The highest BCUT2D eigenvalue weighted by Crippen LogP contribution is 2.25. The summed E-state index contributed by atoms with van der Waals surface area (Å²) < 4.78 is 17.7. The van der Waals surface area contributed by atoms with Crippen LogP contribution >= 0.6 is 0 Å². The maximum absolute atomic E-state index is 13.9. The van der Waals surface area contributed by atoms with Crippen LogP contribution in [-0.4, -0.2) is 30.0 Å². The van der Waals surface area contributed by atoms with Crippen LogP contribution in [0, 0.1) is 26.6 Å². The van der Waals surface area contributed by atoms with E-state index in [9.17, 15) is 9.18 Å². The molecular formula is C25H23FN6O. The molecule has 3 heterocycles. The first kappa shape index (κ1) is 20.8. The fourth-order valence-corrected chi connectivity index (χ4v) is 4.12. The van der Waals surface area contributed by atoms with E-state index in [0.29, 0.717) is 23.3 Å². The molecule has 0 radical (unpaired) electrons. The lowest BCUT2D eigenvalue weighted by molar-refractivity contribution is 0.101. The van der Waals surface area contributed by atoms with E-state index in [1.165, 1.54) is 12.1 Å². The van der Waals surface area contributed by atoms with E-state index in [0.717, 1.165) is 39.5 Å². The molecule has 1 N–H and O–H groups in total. The van der Waals surface area contributed by atoms with E-state index in [2.05, 4.69) is 20.3 Å². The van der Waals surface area contributed by atoms with E-state index in [1.54, 1.807) is 18.3 Å². The molecule has 0 atom stereocenters. The Balaban J connectivity index is 1.55. The van der Waals surface area contributed by atoms with Gasteiger partial charge in [-0.1, -0.05) is 0 Å². The van der Waals surface area contributed by atoms with Crippen LogP contribution in [0.3, 0.4) is 0 Å². The van der Waals surface area contributed by atoms with Crippen molar-refractivity contribution in [1.82, 2.24) is 24.1 Å². The number of nitrogens with zero attached hydrogens (tertiary/aromatic N) is 5. The Bertz CT molecular complexity index is 1550. The zero-order valence-electron chi connectivity index (χ0n) is 18.8. The second kappa shape index (κ2) is 7.81. The van der Waals surface area contributed by atoms with Crippen molar-refractivity contribution in [3.63, 3.8) is 0 Å². The molecule has 166 valence electrons. The number of halogens is 1. The summed E-state index contributed by atoms with van der Waals surface area (Å²) in [5.74, 6) is 0.246. The van der Waals surface area contributed by atoms with Gasteiger partial charge in [-0.3, -0.25) is 14.8 Å². The summed E-state index contributed by atoms with van der Waals surface area (Å²) in [6.07, 6.45) is 1.71. The summed E-state index contributed by atoms with van der Waals surface area (Å²) in [5.41, 5.74) is 5.97. The predicted octanol–water partition coefficient (Wildman–Crippen LogP) is 4.68. The van der Waals surface area contributed by atoms with Gasteiger partial charge >= 0.3 is 0 Å². The minimum atomic E-state index is -0.353. The van der Waals surface area contributed by atoms with Crippen molar-refractivity contribution >= 4 is 33.5 Å². The van der Waals surface area contributed by atoms with Gasteiger partial charge in [0.2, 0.25) is 0 Å². The van der Waals surface area contributed by atoms with Crippen LogP contribution in [0.15, 0.2) is 48.7 Å². The van der Waals surface area contributed by atoms with E-state index >= 15 is 0 Å². The molecule has 1 amide bonds. The summed E-state index contributed by atoms with van der Waals surface area (Å²) in [7, 11) is 1.95. The SMILES string of the molecule is Cc1cnc(Cn2c(C(=O)Nc3ccc4c(c3)nc(C)n4C)cc3cc(F)ccc32)c(C)n1. The normalized spacial score (nSPS) is 11.4. The van der Waals surface area contributed by atoms with Gasteiger partial charge in [0.05, 0.1) is 34.7 Å². The molecule has 2 aromatic carbocycles. The van der Waals surface area contributed by atoms with E-state index in [4.69, 9.17) is 0 Å². The maximum atomic E-state index is 13.9. The highest BCUT2D eigenvalue weighted by molar-refractivity contribution is 6.07. The van der Waals surface area contributed by atoms with Crippen molar-refractivity contribution in [2.75, 3.05) is 5.32 Å². The van der Waals surface area contributed by atoms with Crippen molar-refractivity contribution in [2.45, 2.75) is 27.3 Å². The van der Waals surface area contributed by atoms with E-state index in [-0.39, 0.29) is 11.7 Å². The molecule has 0 unspecified atom stereocenters. The van der Waals surface area contributed by atoms with Gasteiger partial charge in [-0.15, -0.1) is 0 Å². The average molecular weight is 442 g/mol. The lowest BCUT2D eigenvalue weighted by atomic mass is 10.2. The minimum absolute atomic E-state index is 0.295. The number of imidazole rings is 1. The minimum Gasteiger partial charge on any atom is -0.331 e. The lowest BCUT2D eigenvalue weighted by Crippen LogP contribution is -2.18. The molecule has 0 saturated heterocycles. The number of amides is 1. The van der Waals surface area contributed by atoms with Gasteiger partial charge in [0.25, 0.3) is 5.91 Å². The molecule has 0 aliphatic rings. The van der Waals surface area contributed by atoms with Crippen molar-refractivity contribution in [3.8, 4) is 0 Å². The Kier molecular flexibility index (Phi) is 4.92. The number of carbonyl (C=O) groups is 1. The number of anilines is 1. The van der Waals surface area contributed by atoms with Crippen LogP contribution in [0.5, 0.6) is 0 Å². The molecule has 5 aromatic rings. The zero-order valence-corrected chi connectivity index (χ0v) is 18.8. The summed E-state index contributed by atoms with van der Waals surface area (Å²) in [6.45, 7) is 6.06. The fraction of sp³-hybridized carbons (Fsp3) is 0.200. The number of fused-ring (bicyclic) bond motifs is 2. The summed E-state index contributed by atoms with van der Waals surface area (Å²) >= 11 is 0. The van der Waals surface area contributed by atoms with Crippen LogP contribution in [0.1, 0.15) is 33.4 Å². The van der Waals surface area contributed by atoms with Gasteiger partial charge in [-0.25, -0.2) is 9.37 Å². The standard InChI is InChI=1S/C25H23FN6O/c1-14-12-27-21(15(2)28-14)13-32-22-7-5-18(26)9-17(22)10-24(32)25(33)30-19-6-8-23-20(11-19)29-16(3)31(23)4/h5-12H,13H2,1-4H3,(H,30,33). The van der Waals surface area contributed by atoms with Crippen molar-refractivity contribution in [3.05, 3.63) is 83.1 Å². The van der Waals surface area contributed by atoms with Gasteiger partial charge in [-0.2, -0.15) is 0 Å². The van der Waals surface area contributed by atoms with Gasteiger partial charge in [-0.05, 0) is 63.2 Å². The third-order valence-electron chi connectivity index (χ3n) is 5.94. The van der Waals surface area contributed by atoms with Crippen molar-refractivity contribution in [2.24, 2.45) is 7.05 Å². The second-order valence-corrected chi connectivity index (χ2v) is 8.24. The number of carbonyl (C=O) groups excluding carboxylic acids is 1. The van der Waals surface area contributed by atoms with Gasteiger partial charge in [0.15, 0.2) is 0 Å². The Morgan fingerprint density at radius 2 is 1.82 bits per heavy atom. The smallest absolute Gasteiger partial charge is 0.272 e. The van der Waals surface area contributed by atoms with Gasteiger partial charge < -0.3 is 14.5 Å². The maximum Gasteiger partial charge on any atom is 0.272 e. The third kappa shape index (κ3) is 3.73. The van der Waals surface area contributed by atoms with Crippen LogP contribution in [0.4, 0.5) is 10.1 Å². The van der Waals surface area contributed by atoms with Crippen molar-refractivity contribution in [1.29, 1.82) is 0 Å². The molecule has 0 bridgehead atoms. The summed E-state index contributed by atoms with van der Waals surface area (Å²) in [5, 5.41) is 3.61. The van der Waals surface area contributed by atoms with E-state index in [1.807, 2.05) is 55.2 Å². The van der Waals surface area contributed by atoms with Crippen LogP contribution in [0.2, 0.25) is 0 Å². The topological polar surface area (TPSA) is 77.6 Å². The number of hydrogen-bond acceptors (Lipinski definition) is 4. The first-order valence-corrected chi connectivity index (χ1v) is 10.6. The van der Waals surface area contributed by atoms with Crippen molar-refractivity contribution < 1.29 is 9.18 Å². The molecule has 33 heavy (non-hydrogen) atoms. The van der Waals surface area contributed by atoms with Gasteiger partial charge in [0.1, 0.15) is 17.3 Å². The summed E-state index contributed by atoms with van der Waals surface area (Å²) in [6, 6.07) is 11.8. The Labute approximate surface area is 189 Å². The van der Waals surface area contributed by atoms with Crippen LogP contribution in [-0.2, 0) is 13.6 Å². The number of nitrogens with one attached hydrogen (secondary N) is 1. The zero-order chi connectivity index (χ0) is 23.3. The molecule has 5 rings (SSSR count). The molecule has 0 aliphatic heterocycles. The summed E-state index contributed by atoms with van der Waals surface area (Å²) in [4.78, 5) is 26.9. The van der Waals surface area contributed by atoms with Crippen LogP contribution < -0.4 is 5.32 Å². The number of aromatic nitrogens is 5. The van der Waals surface area contributed by atoms with E-state index < -0.39 is 0 Å². The first-order chi connectivity index (χ1) is 15.8. The number of aryl methyl sites for hydroxylation is 4. The second-order valence-electron chi connectivity index (χ2n) is 8.24. The quantitative estimate of drug-likeness (QED) is 0.438. The Morgan fingerprint density at radius 1 is 1.03 bits per heavy atom. The molecule has 0 spiro atoms. The monoisotopic (exact) mass is 442 g/mol. The van der Waals surface area contributed by atoms with Gasteiger partial charge in [0, 0.05) is 29.8 Å². The predicted molar refractivity (Wildman–Crippen MR) is 126 cm³/mol.